The lowest BCUT2D eigenvalue weighted by Gasteiger charge is -2.39. The molecule has 1 aromatic heterocycles. The highest BCUT2D eigenvalue weighted by atomic mass is 16.5. The number of benzene rings is 2. The van der Waals surface area contributed by atoms with E-state index in [1.165, 1.54) is 22.2 Å². The lowest BCUT2D eigenvalue weighted by molar-refractivity contribution is -0.0292. The number of nitrogens with zero attached hydrogens (tertiary/aromatic N) is 2. The van der Waals surface area contributed by atoms with Gasteiger partial charge in [-0.1, -0.05) is 36.4 Å². The van der Waals surface area contributed by atoms with Crippen LogP contribution >= 0.6 is 0 Å². The summed E-state index contributed by atoms with van der Waals surface area (Å²) in [5.74, 6) is 0.760. The minimum absolute atomic E-state index is 0.203. The summed E-state index contributed by atoms with van der Waals surface area (Å²) >= 11 is 0. The van der Waals surface area contributed by atoms with E-state index in [4.69, 9.17) is 4.74 Å². The number of hydrogen-bond acceptors (Lipinski definition) is 4. The Morgan fingerprint density at radius 2 is 1.73 bits per heavy atom. The maximum Gasteiger partial charge on any atom is 0.124 e. The summed E-state index contributed by atoms with van der Waals surface area (Å²) in [5, 5.41) is 21.9. The van der Waals surface area contributed by atoms with Gasteiger partial charge >= 0.3 is 0 Å². The molecule has 5 heteroatoms. The molecule has 4 rings (SSSR count). The first-order valence-corrected chi connectivity index (χ1v) is 10.8. The number of methoxy groups -OCH3 is 1. The van der Waals surface area contributed by atoms with E-state index < -0.39 is 5.60 Å². The molecule has 3 aromatic rings. The highest BCUT2D eigenvalue weighted by molar-refractivity contribution is 5.85. The Labute approximate surface area is 178 Å². The second-order valence-corrected chi connectivity index (χ2v) is 8.32. The van der Waals surface area contributed by atoms with Crippen molar-refractivity contribution in [3.05, 3.63) is 65.4 Å². The molecule has 0 amide bonds. The maximum absolute atomic E-state index is 11.3. The van der Waals surface area contributed by atoms with E-state index in [-0.39, 0.29) is 6.61 Å². The number of rotatable bonds is 7. The van der Waals surface area contributed by atoms with Gasteiger partial charge in [0, 0.05) is 54.9 Å². The molecule has 2 heterocycles. The number of aromatic nitrogens is 1. The Hall–Kier alpha value is -2.34. The van der Waals surface area contributed by atoms with Gasteiger partial charge in [-0.05, 0) is 43.9 Å². The minimum Gasteiger partial charge on any atom is -0.496 e. The van der Waals surface area contributed by atoms with E-state index in [1.807, 2.05) is 24.3 Å². The second-order valence-electron chi connectivity index (χ2n) is 8.32. The molecule has 1 fully saturated rings. The van der Waals surface area contributed by atoms with Crippen LogP contribution in [-0.4, -0.2) is 46.5 Å². The summed E-state index contributed by atoms with van der Waals surface area (Å²) in [6, 6.07) is 16.3. The Morgan fingerprint density at radius 1 is 1.03 bits per heavy atom. The first-order valence-electron chi connectivity index (χ1n) is 10.8. The van der Waals surface area contributed by atoms with E-state index >= 15 is 0 Å². The minimum atomic E-state index is -0.840. The fourth-order valence-electron chi connectivity index (χ4n) is 4.82. The SMILES string of the molecule is COc1ccccc1C1(O)CCN(Cc2c(C)n(CCCO)c3ccccc23)CC1. The molecule has 2 N–H and O–H groups in total. The first kappa shape index (κ1) is 20.9. The number of aryl methyl sites for hydroxylation is 1. The lowest BCUT2D eigenvalue weighted by Crippen LogP contribution is -2.42. The lowest BCUT2D eigenvalue weighted by atomic mass is 9.83. The van der Waals surface area contributed by atoms with Crippen molar-refractivity contribution in [1.29, 1.82) is 0 Å². The summed E-state index contributed by atoms with van der Waals surface area (Å²) < 4.78 is 7.82. The monoisotopic (exact) mass is 408 g/mol. The molecule has 0 saturated carbocycles. The molecule has 1 aliphatic heterocycles. The fraction of sp³-hybridized carbons (Fsp3) is 0.440. The summed E-state index contributed by atoms with van der Waals surface area (Å²) in [6.07, 6.45) is 2.14. The number of likely N-dealkylation sites (tertiary alicyclic amines) is 1. The third kappa shape index (κ3) is 3.85. The Bertz CT molecular complexity index is 1000. The van der Waals surface area contributed by atoms with Crippen molar-refractivity contribution in [3.8, 4) is 5.75 Å². The Morgan fingerprint density at radius 3 is 2.47 bits per heavy atom. The van der Waals surface area contributed by atoms with Crippen LogP contribution in [0.1, 0.15) is 36.1 Å². The van der Waals surface area contributed by atoms with Crippen molar-refractivity contribution in [2.24, 2.45) is 0 Å². The number of fused-ring (bicyclic) bond motifs is 1. The van der Waals surface area contributed by atoms with Crippen molar-refractivity contribution in [2.45, 2.75) is 44.9 Å². The van der Waals surface area contributed by atoms with E-state index in [2.05, 4.69) is 40.7 Å². The fourth-order valence-corrected chi connectivity index (χ4v) is 4.82. The number of piperidine rings is 1. The number of aliphatic hydroxyl groups excluding tert-OH is 1. The van der Waals surface area contributed by atoms with Crippen LogP contribution < -0.4 is 4.74 Å². The van der Waals surface area contributed by atoms with Crippen LogP contribution in [-0.2, 0) is 18.7 Å². The van der Waals surface area contributed by atoms with Gasteiger partial charge in [0.1, 0.15) is 5.75 Å². The van der Waals surface area contributed by atoms with Crippen LogP contribution in [0.15, 0.2) is 48.5 Å². The van der Waals surface area contributed by atoms with Crippen molar-refractivity contribution in [1.82, 2.24) is 9.47 Å². The molecule has 0 spiro atoms. The van der Waals surface area contributed by atoms with Crippen molar-refractivity contribution in [3.63, 3.8) is 0 Å². The molecule has 0 atom stereocenters. The molecule has 0 bridgehead atoms. The molecule has 0 radical (unpaired) electrons. The molecule has 1 aliphatic rings. The Balaban J connectivity index is 1.53. The predicted octanol–water partition coefficient (Wildman–Crippen LogP) is 3.82. The van der Waals surface area contributed by atoms with Gasteiger partial charge in [-0.2, -0.15) is 0 Å². The number of para-hydroxylation sites is 2. The average Bonchev–Trinajstić information content (AvgIpc) is 3.04. The van der Waals surface area contributed by atoms with Crippen molar-refractivity contribution < 1.29 is 14.9 Å². The number of aliphatic hydroxyl groups is 2. The zero-order valence-corrected chi connectivity index (χ0v) is 18.0. The zero-order valence-electron chi connectivity index (χ0n) is 18.0. The van der Waals surface area contributed by atoms with E-state index in [1.54, 1.807) is 7.11 Å². The third-order valence-corrected chi connectivity index (χ3v) is 6.57. The molecule has 160 valence electrons. The molecular formula is C25H32N2O3. The highest BCUT2D eigenvalue weighted by Gasteiger charge is 2.36. The van der Waals surface area contributed by atoms with Gasteiger partial charge in [-0.25, -0.2) is 0 Å². The predicted molar refractivity (Wildman–Crippen MR) is 120 cm³/mol. The molecule has 1 saturated heterocycles. The first-order chi connectivity index (χ1) is 14.6. The van der Waals surface area contributed by atoms with Gasteiger partial charge in [0.2, 0.25) is 0 Å². The summed E-state index contributed by atoms with van der Waals surface area (Å²) in [7, 11) is 1.66. The number of ether oxygens (including phenoxy) is 1. The largest absolute Gasteiger partial charge is 0.496 e. The van der Waals surface area contributed by atoms with Crippen LogP contribution in [0.3, 0.4) is 0 Å². The normalized spacial score (nSPS) is 16.8. The molecule has 0 unspecified atom stereocenters. The third-order valence-electron chi connectivity index (χ3n) is 6.57. The van der Waals surface area contributed by atoms with E-state index in [0.717, 1.165) is 43.9 Å². The number of hydrogen-bond donors (Lipinski definition) is 2. The molecule has 30 heavy (non-hydrogen) atoms. The highest BCUT2D eigenvalue weighted by Crippen LogP contribution is 2.38. The van der Waals surface area contributed by atoms with Gasteiger partial charge < -0.3 is 19.5 Å². The average molecular weight is 409 g/mol. The second kappa shape index (κ2) is 8.80. The van der Waals surface area contributed by atoms with Crippen LogP contribution in [0, 0.1) is 6.92 Å². The topological polar surface area (TPSA) is 57.9 Å². The van der Waals surface area contributed by atoms with Crippen LogP contribution in [0.4, 0.5) is 0 Å². The van der Waals surface area contributed by atoms with Crippen molar-refractivity contribution in [2.75, 3.05) is 26.8 Å². The van der Waals surface area contributed by atoms with E-state index in [9.17, 15) is 10.2 Å². The van der Waals surface area contributed by atoms with Crippen LogP contribution in [0.5, 0.6) is 5.75 Å². The smallest absolute Gasteiger partial charge is 0.124 e. The quantitative estimate of drug-likeness (QED) is 0.624. The van der Waals surface area contributed by atoms with Gasteiger partial charge in [0.05, 0.1) is 12.7 Å². The summed E-state index contributed by atoms with van der Waals surface area (Å²) in [5.41, 5.74) is 3.92. The van der Waals surface area contributed by atoms with Gasteiger partial charge in [-0.15, -0.1) is 0 Å². The molecule has 2 aromatic carbocycles. The molecular weight excluding hydrogens is 376 g/mol. The molecule has 0 aliphatic carbocycles. The maximum atomic E-state index is 11.3. The van der Waals surface area contributed by atoms with Crippen LogP contribution in [0.2, 0.25) is 0 Å². The molecule has 5 nitrogen and oxygen atoms in total. The van der Waals surface area contributed by atoms with Crippen LogP contribution in [0.25, 0.3) is 10.9 Å². The van der Waals surface area contributed by atoms with E-state index in [0.29, 0.717) is 12.8 Å². The summed E-state index contributed by atoms with van der Waals surface area (Å²) in [4.78, 5) is 2.44. The standard InChI is InChI=1S/C25H32N2O3/c1-19-21(20-8-3-5-10-23(20)27(19)14-7-17-28)18-26-15-12-25(29,13-16-26)22-9-4-6-11-24(22)30-2/h3-6,8-11,28-29H,7,12-18H2,1-2H3. The van der Waals surface area contributed by atoms with Gasteiger partial charge in [0.15, 0.2) is 0 Å². The van der Waals surface area contributed by atoms with Gasteiger partial charge in [0.25, 0.3) is 0 Å². The summed E-state index contributed by atoms with van der Waals surface area (Å²) in [6.45, 7) is 5.77. The Kier molecular flexibility index (Phi) is 6.14. The van der Waals surface area contributed by atoms with Gasteiger partial charge in [-0.3, -0.25) is 4.90 Å². The van der Waals surface area contributed by atoms with Crippen molar-refractivity contribution >= 4 is 10.9 Å². The zero-order chi connectivity index (χ0) is 21.1.